The molecule has 0 aliphatic carbocycles. The van der Waals surface area contributed by atoms with Gasteiger partial charge in [0.1, 0.15) is 17.8 Å². The van der Waals surface area contributed by atoms with Crippen LogP contribution >= 0.6 is 0 Å². The van der Waals surface area contributed by atoms with Crippen molar-refractivity contribution in [1.82, 2.24) is 9.97 Å². The van der Waals surface area contributed by atoms with Gasteiger partial charge in [-0.1, -0.05) is 12.1 Å². The number of nitrogens with one attached hydrogen (secondary N) is 2. The molecule has 1 aromatic heterocycles. The van der Waals surface area contributed by atoms with Crippen molar-refractivity contribution in [1.29, 1.82) is 0 Å². The highest BCUT2D eigenvalue weighted by molar-refractivity contribution is 6.03. The van der Waals surface area contributed by atoms with Gasteiger partial charge < -0.3 is 10.6 Å². The first-order valence-corrected chi connectivity index (χ1v) is 7.54. The van der Waals surface area contributed by atoms with Crippen molar-refractivity contribution in [2.45, 2.75) is 6.92 Å². The van der Waals surface area contributed by atoms with Crippen molar-refractivity contribution in [3.63, 3.8) is 0 Å². The topological polar surface area (TPSA) is 66.9 Å². The quantitative estimate of drug-likeness (QED) is 0.686. The molecular formula is C18H13F3N4O. The first kappa shape index (κ1) is 17.4. The van der Waals surface area contributed by atoms with Crippen LogP contribution in [0.25, 0.3) is 0 Å². The lowest BCUT2D eigenvalue weighted by molar-refractivity contribution is 0.102. The zero-order valence-electron chi connectivity index (χ0n) is 13.6. The summed E-state index contributed by atoms with van der Waals surface area (Å²) in [5.74, 6) is -4.92. The number of rotatable bonds is 4. The van der Waals surface area contributed by atoms with Crippen molar-refractivity contribution >= 4 is 23.1 Å². The molecule has 1 heterocycles. The van der Waals surface area contributed by atoms with Crippen LogP contribution < -0.4 is 10.6 Å². The van der Waals surface area contributed by atoms with Crippen LogP contribution in [0, 0.1) is 24.4 Å². The summed E-state index contributed by atoms with van der Waals surface area (Å²) in [4.78, 5) is 20.0. The number of hydrogen-bond acceptors (Lipinski definition) is 4. The number of aryl methyl sites for hydroxylation is 1. The predicted octanol–water partition coefficient (Wildman–Crippen LogP) is 4.20. The third-order valence-corrected chi connectivity index (χ3v) is 3.47. The molecule has 0 aliphatic heterocycles. The summed E-state index contributed by atoms with van der Waals surface area (Å²) in [6.07, 6.45) is 1.16. The highest BCUT2D eigenvalue weighted by Gasteiger charge is 2.17. The number of aromatic nitrogens is 2. The molecule has 2 N–H and O–H groups in total. The summed E-state index contributed by atoms with van der Waals surface area (Å²) in [5.41, 5.74) is 1.25. The van der Waals surface area contributed by atoms with E-state index in [4.69, 9.17) is 0 Å². The molecule has 1 amide bonds. The summed E-state index contributed by atoms with van der Waals surface area (Å²) in [5, 5.41) is 5.17. The highest BCUT2D eigenvalue weighted by atomic mass is 19.2. The Bertz CT molecular complexity index is 978. The zero-order valence-corrected chi connectivity index (χ0v) is 13.6. The molecular weight excluding hydrogens is 345 g/mol. The van der Waals surface area contributed by atoms with E-state index in [9.17, 15) is 18.0 Å². The molecule has 0 saturated carbocycles. The third-order valence-electron chi connectivity index (χ3n) is 3.47. The number of carbonyl (C=O) groups excluding carboxylic acids is 1. The van der Waals surface area contributed by atoms with Gasteiger partial charge in [0.2, 0.25) is 0 Å². The normalized spacial score (nSPS) is 10.5. The molecule has 0 bridgehead atoms. The Morgan fingerprint density at radius 3 is 2.58 bits per heavy atom. The summed E-state index contributed by atoms with van der Waals surface area (Å²) < 4.78 is 39.9. The Morgan fingerprint density at radius 1 is 1.00 bits per heavy atom. The molecule has 0 aliphatic rings. The van der Waals surface area contributed by atoms with E-state index in [-0.39, 0.29) is 5.69 Å². The largest absolute Gasteiger partial charge is 0.340 e. The lowest BCUT2D eigenvalue weighted by atomic mass is 10.2. The lowest BCUT2D eigenvalue weighted by Gasteiger charge is -2.09. The van der Waals surface area contributed by atoms with Crippen LogP contribution in [-0.4, -0.2) is 15.9 Å². The fraction of sp³-hybridized carbons (Fsp3) is 0.0556. The van der Waals surface area contributed by atoms with Crippen LogP contribution in [0.15, 0.2) is 48.8 Å². The Hall–Kier alpha value is -3.42. The molecule has 0 fully saturated rings. The molecule has 26 heavy (non-hydrogen) atoms. The number of nitrogens with zero attached hydrogens (tertiary/aromatic N) is 2. The van der Waals surface area contributed by atoms with Crippen molar-refractivity contribution in [2.75, 3.05) is 10.6 Å². The second-order valence-corrected chi connectivity index (χ2v) is 5.46. The number of carbonyl (C=O) groups is 1. The molecule has 3 aromatic rings. The van der Waals surface area contributed by atoms with Crippen molar-refractivity contribution in [2.24, 2.45) is 0 Å². The van der Waals surface area contributed by atoms with Gasteiger partial charge in [0.05, 0.1) is 5.69 Å². The van der Waals surface area contributed by atoms with Crippen LogP contribution in [0.5, 0.6) is 0 Å². The standard InChI is InChI=1S/C18H13F3N4O/c1-10-3-2-4-11(7-10)24-15-8-14(22-9-23-15)18(26)25-13-6-5-12(19)16(20)17(13)21/h2-9H,1H3,(H,25,26)(H,22,23,24). The molecule has 132 valence electrons. The average molecular weight is 358 g/mol. The molecule has 8 heteroatoms. The van der Waals surface area contributed by atoms with Gasteiger partial charge in [-0.3, -0.25) is 4.79 Å². The smallest absolute Gasteiger partial charge is 0.274 e. The molecule has 2 aromatic carbocycles. The average Bonchev–Trinajstić information content (AvgIpc) is 2.62. The summed E-state index contributed by atoms with van der Waals surface area (Å²) in [7, 11) is 0. The second-order valence-electron chi connectivity index (χ2n) is 5.46. The minimum Gasteiger partial charge on any atom is -0.340 e. The highest BCUT2D eigenvalue weighted by Crippen LogP contribution is 2.21. The van der Waals surface area contributed by atoms with Crippen molar-refractivity contribution in [3.8, 4) is 0 Å². The van der Waals surface area contributed by atoms with Gasteiger partial charge in [0.25, 0.3) is 5.91 Å². The first-order chi connectivity index (χ1) is 12.4. The maximum absolute atomic E-state index is 13.7. The van der Waals surface area contributed by atoms with E-state index in [0.717, 1.165) is 29.7 Å². The summed E-state index contributed by atoms with van der Waals surface area (Å²) >= 11 is 0. The van der Waals surface area contributed by atoms with E-state index in [1.165, 1.54) is 6.07 Å². The minimum absolute atomic E-state index is 0.0701. The van der Waals surface area contributed by atoms with Gasteiger partial charge in [-0.2, -0.15) is 0 Å². The van der Waals surface area contributed by atoms with Gasteiger partial charge in [-0.05, 0) is 36.8 Å². The molecule has 3 rings (SSSR count). The summed E-state index contributed by atoms with van der Waals surface area (Å²) in [6.45, 7) is 1.93. The van der Waals surface area contributed by atoms with Gasteiger partial charge in [-0.25, -0.2) is 23.1 Å². The summed E-state index contributed by atoms with van der Waals surface area (Å²) in [6, 6.07) is 10.5. The Labute approximate surface area is 146 Å². The van der Waals surface area contributed by atoms with Crippen LogP contribution in [0.4, 0.5) is 30.4 Å². The van der Waals surface area contributed by atoms with E-state index >= 15 is 0 Å². The van der Waals surface area contributed by atoms with Crippen LogP contribution in [0.1, 0.15) is 16.1 Å². The SMILES string of the molecule is Cc1cccc(Nc2cc(C(=O)Nc3ccc(F)c(F)c3F)ncn2)c1. The number of halogens is 3. The first-order valence-electron chi connectivity index (χ1n) is 7.54. The fourth-order valence-electron chi connectivity index (χ4n) is 2.23. The molecule has 5 nitrogen and oxygen atoms in total. The second kappa shape index (κ2) is 7.22. The maximum Gasteiger partial charge on any atom is 0.274 e. The van der Waals surface area contributed by atoms with Crippen molar-refractivity contribution in [3.05, 3.63) is 77.5 Å². The van der Waals surface area contributed by atoms with Crippen LogP contribution in [-0.2, 0) is 0 Å². The fourth-order valence-corrected chi connectivity index (χ4v) is 2.23. The molecule has 0 atom stereocenters. The molecule has 0 radical (unpaired) electrons. The van der Waals surface area contributed by atoms with Gasteiger partial charge in [0.15, 0.2) is 17.5 Å². The number of benzene rings is 2. The Morgan fingerprint density at radius 2 is 1.81 bits per heavy atom. The number of anilines is 3. The monoisotopic (exact) mass is 358 g/mol. The van der Waals surface area contributed by atoms with Crippen LogP contribution in [0.3, 0.4) is 0 Å². The predicted molar refractivity (Wildman–Crippen MR) is 90.8 cm³/mol. The molecule has 0 saturated heterocycles. The minimum atomic E-state index is -1.66. The van der Waals surface area contributed by atoms with E-state index < -0.39 is 29.0 Å². The van der Waals surface area contributed by atoms with E-state index in [1.807, 2.05) is 31.2 Å². The van der Waals surface area contributed by atoms with E-state index in [1.54, 1.807) is 0 Å². The molecule has 0 unspecified atom stereocenters. The lowest BCUT2D eigenvalue weighted by Crippen LogP contribution is -2.16. The maximum atomic E-state index is 13.7. The van der Waals surface area contributed by atoms with Crippen LogP contribution in [0.2, 0.25) is 0 Å². The zero-order chi connectivity index (χ0) is 18.7. The Balaban J connectivity index is 1.79. The number of hydrogen-bond donors (Lipinski definition) is 2. The molecule has 0 spiro atoms. The Kier molecular flexibility index (Phi) is 4.83. The van der Waals surface area contributed by atoms with Gasteiger partial charge in [-0.15, -0.1) is 0 Å². The third kappa shape index (κ3) is 3.80. The van der Waals surface area contributed by atoms with Crippen molar-refractivity contribution < 1.29 is 18.0 Å². The van der Waals surface area contributed by atoms with Gasteiger partial charge >= 0.3 is 0 Å². The van der Waals surface area contributed by atoms with E-state index in [0.29, 0.717) is 5.82 Å². The number of amides is 1. The van der Waals surface area contributed by atoms with E-state index in [2.05, 4.69) is 20.6 Å². The van der Waals surface area contributed by atoms with Gasteiger partial charge in [0, 0.05) is 11.8 Å².